The van der Waals surface area contributed by atoms with Crippen molar-refractivity contribution in [2.75, 3.05) is 0 Å². The average molecular weight is 192 g/mol. The van der Waals surface area contributed by atoms with E-state index >= 15 is 0 Å². The third-order valence-corrected chi connectivity index (χ3v) is 0.586. The van der Waals surface area contributed by atoms with E-state index in [-0.39, 0.29) is 7.43 Å². The Bertz CT molecular complexity index is 120. The van der Waals surface area contributed by atoms with Gasteiger partial charge >= 0.3 is 25.2 Å². The van der Waals surface area contributed by atoms with E-state index in [0.29, 0.717) is 0 Å². The fourth-order valence-electron chi connectivity index (χ4n) is 0.340. The van der Waals surface area contributed by atoms with Crippen molar-refractivity contribution in [1.82, 2.24) is 0 Å². The average Bonchev–Trinajstić information content (AvgIpc) is 2.48. The normalized spacial score (nSPS) is 9.27. The monoisotopic (exact) mass is 192 g/mol. The van der Waals surface area contributed by atoms with Gasteiger partial charge in [0.1, 0.15) is 0 Å². The van der Waals surface area contributed by atoms with Gasteiger partial charge in [-0.05, 0) is 0 Å². The van der Waals surface area contributed by atoms with Gasteiger partial charge in [0, 0.05) is 0 Å². The molecule has 11 heavy (non-hydrogen) atoms. The summed E-state index contributed by atoms with van der Waals surface area (Å²) in [6.07, 6.45) is 10.0. The Morgan fingerprint density at radius 2 is 2.09 bits per heavy atom. The second kappa shape index (κ2) is 22.7. The Hall–Kier alpha value is -0.421. The van der Waals surface area contributed by atoms with Crippen molar-refractivity contribution in [3.05, 3.63) is 38.7 Å². The quantitative estimate of drug-likeness (QED) is 0.424. The SMILES string of the molecule is O=[C]=[Mn].[C-]1=CC=CC1.[CH2-]C.[CH3-]. The second-order valence-electron chi connectivity index (χ2n) is 1.08. The van der Waals surface area contributed by atoms with Gasteiger partial charge in [-0.25, -0.2) is 12.2 Å². The minimum Gasteiger partial charge on any atom is -0.358 e. The summed E-state index contributed by atoms with van der Waals surface area (Å²) in [5, 5.41) is 0. The minimum absolute atomic E-state index is 0. The summed E-state index contributed by atoms with van der Waals surface area (Å²) in [5.41, 5.74) is 0. The van der Waals surface area contributed by atoms with Crippen LogP contribution in [0.2, 0.25) is 0 Å². The molecule has 1 aliphatic carbocycles. The number of hydrogen-bond acceptors (Lipinski definition) is 1. The molecular formula is C9H13MnO-3. The molecule has 0 amide bonds. The second-order valence-corrected chi connectivity index (χ2v) is 1.32. The van der Waals surface area contributed by atoms with Crippen LogP contribution in [0.15, 0.2) is 18.2 Å². The molecule has 0 aliphatic heterocycles. The van der Waals surface area contributed by atoms with Crippen molar-refractivity contribution in [3.8, 4) is 0 Å². The molecule has 0 aromatic heterocycles. The number of hydrogen-bond donors (Lipinski definition) is 0. The molecule has 0 saturated heterocycles. The maximum atomic E-state index is 8.60. The molecular weight excluding hydrogens is 179 g/mol. The van der Waals surface area contributed by atoms with Crippen LogP contribution in [0.4, 0.5) is 0 Å². The first-order chi connectivity index (χ1) is 4.91. The third-order valence-electron chi connectivity index (χ3n) is 0.586. The van der Waals surface area contributed by atoms with Gasteiger partial charge < -0.3 is 14.4 Å². The van der Waals surface area contributed by atoms with Crippen LogP contribution < -0.4 is 0 Å². The van der Waals surface area contributed by atoms with Crippen LogP contribution >= 0.6 is 0 Å². The predicted octanol–water partition coefficient (Wildman–Crippen LogP) is 2.20. The zero-order valence-electron chi connectivity index (χ0n) is 6.93. The van der Waals surface area contributed by atoms with Crippen LogP contribution in [-0.4, -0.2) is 4.79 Å². The van der Waals surface area contributed by atoms with E-state index in [0.717, 1.165) is 6.42 Å². The zero-order chi connectivity index (χ0) is 8.24. The van der Waals surface area contributed by atoms with Crippen molar-refractivity contribution in [2.45, 2.75) is 13.3 Å². The molecule has 0 heterocycles. The Morgan fingerprint density at radius 3 is 2.18 bits per heavy atom. The van der Waals surface area contributed by atoms with Crippen molar-refractivity contribution in [3.63, 3.8) is 0 Å². The Balaban J connectivity index is -0.0000000956. The van der Waals surface area contributed by atoms with Crippen molar-refractivity contribution in [1.29, 1.82) is 0 Å². The molecule has 0 bridgehead atoms. The predicted molar refractivity (Wildman–Crippen MR) is 44.7 cm³/mol. The van der Waals surface area contributed by atoms with Crippen molar-refractivity contribution >= 4 is 4.79 Å². The molecule has 0 radical (unpaired) electrons. The molecule has 0 aromatic carbocycles. The van der Waals surface area contributed by atoms with Crippen LogP contribution in [0.25, 0.3) is 0 Å². The molecule has 1 aliphatic rings. The smallest absolute Gasteiger partial charge is 0.109 e. The molecule has 0 fully saturated rings. The molecule has 1 rings (SSSR count). The van der Waals surface area contributed by atoms with Crippen LogP contribution in [0.1, 0.15) is 13.3 Å². The van der Waals surface area contributed by atoms with Gasteiger partial charge in [-0.15, -0.1) is 6.42 Å². The number of rotatable bonds is 0. The van der Waals surface area contributed by atoms with Gasteiger partial charge in [0.25, 0.3) is 0 Å². The topological polar surface area (TPSA) is 17.1 Å². The van der Waals surface area contributed by atoms with Gasteiger partial charge in [0.2, 0.25) is 0 Å². The molecule has 0 spiro atoms. The van der Waals surface area contributed by atoms with Crippen molar-refractivity contribution in [2.24, 2.45) is 0 Å². The number of carbonyl (C=O) groups excluding carboxylic acids is 1. The van der Waals surface area contributed by atoms with Crippen LogP contribution in [0.5, 0.6) is 0 Å². The van der Waals surface area contributed by atoms with Crippen LogP contribution in [0, 0.1) is 20.4 Å². The number of allylic oxidation sites excluding steroid dienone is 4. The largest absolute Gasteiger partial charge is 0.358 e. The van der Waals surface area contributed by atoms with E-state index in [9.17, 15) is 0 Å². The Kier molecular flexibility index (Phi) is 34.8. The molecule has 65 valence electrons. The maximum Gasteiger partial charge on any atom is -0.109 e. The fourth-order valence-corrected chi connectivity index (χ4v) is 0.340. The van der Waals surface area contributed by atoms with E-state index < -0.39 is 0 Å². The summed E-state index contributed by atoms with van der Waals surface area (Å²) < 4.78 is 0. The summed E-state index contributed by atoms with van der Waals surface area (Å²) in [4.78, 5) is 9.91. The van der Waals surface area contributed by atoms with E-state index in [2.05, 4.69) is 34.7 Å². The standard InChI is InChI=1S/C5H5.C2H5.CO.CH3.Mn/c1-2-4-5-3-1;2*1-2;;/h1-3H,4H2;1H2,2H3;;1H3;/q2*-1;;-1;. The molecule has 2 heteroatoms. The first kappa shape index (κ1) is 16.9. The first-order valence-electron chi connectivity index (χ1n) is 2.82. The van der Waals surface area contributed by atoms with Gasteiger partial charge in [-0.1, -0.05) is 0 Å². The molecule has 0 atom stereocenters. The summed E-state index contributed by atoms with van der Waals surface area (Å²) in [6, 6.07) is 0. The summed E-state index contributed by atoms with van der Waals surface area (Å²) in [5.74, 6) is 0. The van der Waals surface area contributed by atoms with Gasteiger partial charge in [-0.2, -0.15) is 13.0 Å². The van der Waals surface area contributed by atoms with Crippen LogP contribution in [-0.2, 0) is 20.4 Å². The molecule has 0 unspecified atom stereocenters. The van der Waals surface area contributed by atoms with E-state index in [4.69, 9.17) is 4.79 Å². The summed E-state index contributed by atoms with van der Waals surface area (Å²) >= 11 is 2.34. The summed E-state index contributed by atoms with van der Waals surface area (Å²) in [6.45, 7) is 5.00. The maximum absolute atomic E-state index is 8.60. The van der Waals surface area contributed by atoms with E-state index in [1.807, 2.05) is 12.2 Å². The minimum atomic E-state index is 0. The first-order valence-corrected chi connectivity index (χ1v) is 3.41. The van der Waals surface area contributed by atoms with Gasteiger partial charge in [0.05, 0.1) is 0 Å². The van der Waals surface area contributed by atoms with E-state index in [1.54, 1.807) is 6.92 Å². The Labute approximate surface area is 77.6 Å². The molecule has 0 N–H and O–H groups in total. The van der Waals surface area contributed by atoms with E-state index in [1.165, 1.54) is 4.79 Å². The molecule has 1 nitrogen and oxygen atoms in total. The zero-order valence-corrected chi connectivity index (χ0v) is 8.11. The van der Waals surface area contributed by atoms with Gasteiger partial charge in [-0.3, -0.25) is 6.08 Å². The van der Waals surface area contributed by atoms with Gasteiger partial charge in [0.15, 0.2) is 0 Å². The molecule has 0 aromatic rings. The summed E-state index contributed by atoms with van der Waals surface area (Å²) in [7, 11) is 0. The van der Waals surface area contributed by atoms with Crippen LogP contribution in [0.3, 0.4) is 0 Å². The van der Waals surface area contributed by atoms with Crippen molar-refractivity contribution < 1.29 is 20.4 Å². The third kappa shape index (κ3) is 26.2. The molecule has 0 saturated carbocycles. The fraction of sp³-hybridized carbons (Fsp3) is 0.222. The Morgan fingerprint density at radius 1 is 1.64 bits per heavy atom.